The first-order valence-electron chi connectivity index (χ1n) is 9.90. The fourth-order valence-electron chi connectivity index (χ4n) is 4.13. The van der Waals surface area contributed by atoms with Gasteiger partial charge in [0.15, 0.2) is 6.10 Å². The van der Waals surface area contributed by atoms with Crippen LogP contribution in [0.3, 0.4) is 0 Å². The van der Waals surface area contributed by atoms with Crippen molar-refractivity contribution in [2.75, 3.05) is 13.2 Å². The van der Waals surface area contributed by atoms with Crippen molar-refractivity contribution in [1.82, 2.24) is 10.0 Å². The van der Waals surface area contributed by atoms with E-state index in [-0.39, 0.29) is 24.2 Å². The van der Waals surface area contributed by atoms with Crippen molar-refractivity contribution in [1.29, 1.82) is 0 Å². The smallest absolute Gasteiger partial charge is 0.407 e. The predicted molar refractivity (Wildman–Crippen MR) is 105 cm³/mol. The molecule has 1 amide bonds. The summed E-state index contributed by atoms with van der Waals surface area (Å²) in [6, 6.07) is 5.51. The molecular weight excluding hydrogens is 420 g/mol. The monoisotopic (exact) mass is 444 g/mol. The van der Waals surface area contributed by atoms with E-state index < -0.39 is 40.5 Å². The minimum absolute atomic E-state index is 0.114. The van der Waals surface area contributed by atoms with E-state index >= 15 is 0 Å². The highest BCUT2D eigenvalue weighted by Gasteiger charge is 2.50. The maximum absolute atomic E-state index is 12.6. The highest BCUT2D eigenvalue weighted by Crippen LogP contribution is 2.30. The number of hydrogen-bond acceptors (Lipinski definition) is 6. The summed E-state index contributed by atoms with van der Waals surface area (Å²) in [6.45, 7) is 0.318. The van der Waals surface area contributed by atoms with Gasteiger partial charge in [-0.3, -0.25) is 0 Å². The lowest BCUT2D eigenvalue weighted by atomic mass is 9.96. The fourth-order valence-corrected chi connectivity index (χ4v) is 5.49. The third kappa shape index (κ3) is 4.86. The van der Waals surface area contributed by atoms with E-state index in [1.165, 1.54) is 30.7 Å². The minimum atomic E-state index is -3.75. The molecule has 1 aromatic rings. The first kappa shape index (κ1) is 20.9. The highest BCUT2D eigenvalue weighted by molar-refractivity contribution is 7.89. The highest BCUT2D eigenvalue weighted by atomic mass is 35.5. The van der Waals surface area contributed by atoms with Gasteiger partial charge in [0.1, 0.15) is 12.2 Å². The van der Waals surface area contributed by atoms with Crippen LogP contribution in [-0.4, -0.2) is 58.1 Å². The maximum atomic E-state index is 12.6. The SMILES string of the molecule is O=C(NC1CCCCC1)O[C@@H]1CO[C@H]2[C@H]1OC[C@H]2NS(=O)(=O)c1ccc(Cl)cc1. The van der Waals surface area contributed by atoms with Gasteiger partial charge < -0.3 is 19.5 Å². The number of carbonyl (C=O) groups is 1. The van der Waals surface area contributed by atoms with Crippen LogP contribution in [0.5, 0.6) is 0 Å². The third-order valence-corrected chi connectivity index (χ3v) is 7.38. The maximum Gasteiger partial charge on any atom is 0.407 e. The molecule has 10 heteroatoms. The van der Waals surface area contributed by atoms with Gasteiger partial charge in [0.25, 0.3) is 0 Å². The molecule has 0 spiro atoms. The summed E-state index contributed by atoms with van der Waals surface area (Å²) in [5, 5.41) is 3.36. The molecule has 0 bridgehead atoms. The van der Waals surface area contributed by atoms with Crippen LogP contribution in [0.1, 0.15) is 32.1 Å². The van der Waals surface area contributed by atoms with Gasteiger partial charge in [-0.05, 0) is 37.1 Å². The zero-order chi connectivity index (χ0) is 20.4. The molecule has 2 N–H and O–H groups in total. The number of hydrogen-bond donors (Lipinski definition) is 2. The van der Waals surface area contributed by atoms with Crippen molar-refractivity contribution in [3.63, 3.8) is 0 Å². The number of sulfonamides is 1. The number of carbonyl (C=O) groups excluding carboxylic acids is 1. The van der Waals surface area contributed by atoms with E-state index in [4.69, 9.17) is 25.8 Å². The van der Waals surface area contributed by atoms with Crippen molar-refractivity contribution < 1.29 is 27.4 Å². The number of fused-ring (bicyclic) bond motifs is 1. The lowest BCUT2D eigenvalue weighted by Crippen LogP contribution is -2.45. The van der Waals surface area contributed by atoms with Crippen molar-refractivity contribution in [3.05, 3.63) is 29.3 Å². The Bertz CT molecular complexity index is 828. The molecular formula is C19H25ClN2O6S. The van der Waals surface area contributed by atoms with E-state index in [0.717, 1.165) is 25.7 Å². The van der Waals surface area contributed by atoms with Crippen LogP contribution in [0.2, 0.25) is 5.02 Å². The van der Waals surface area contributed by atoms with Gasteiger partial charge in [0, 0.05) is 11.1 Å². The Morgan fingerprint density at radius 3 is 2.45 bits per heavy atom. The number of alkyl carbamates (subject to hydrolysis) is 1. The second kappa shape index (κ2) is 8.77. The number of rotatable bonds is 5. The molecule has 1 aromatic carbocycles. The quantitative estimate of drug-likeness (QED) is 0.721. The molecule has 0 aromatic heterocycles. The van der Waals surface area contributed by atoms with E-state index in [2.05, 4.69) is 10.0 Å². The van der Waals surface area contributed by atoms with Crippen molar-refractivity contribution in [2.45, 2.75) is 67.4 Å². The van der Waals surface area contributed by atoms with E-state index in [1.807, 2.05) is 0 Å². The Kier molecular flexibility index (Phi) is 6.31. The molecule has 2 saturated heterocycles. The van der Waals surface area contributed by atoms with Gasteiger partial charge in [-0.2, -0.15) is 0 Å². The zero-order valence-electron chi connectivity index (χ0n) is 15.9. The topological polar surface area (TPSA) is 103 Å². The Labute approximate surface area is 175 Å². The molecule has 8 nitrogen and oxygen atoms in total. The summed E-state index contributed by atoms with van der Waals surface area (Å²) in [4.78, 5) is 12.3. The first-order valence-corrected chi connectivity index (χ1v) is 11.8. The third-order valence-electron chi connectivity index (χ3n) is 5.62. The predicted octanol–water partition coefficient (Wildman–Crippen LogP) is 2.21. The van der Waals surface area contributed by atoms with Crippen LogP contribution < -0.4 is 10.0 Å². The molecule has 4 rings (SSSR count). The lowest BCUT2D eigenvalue weighted by Gasteiger charge is -2.24. The molecule has 1 saturated carbocycles. The van der Waals surface area contributed by atoms with Crippen LogP contribution in [0.15, 0.2) is 29.2 Å². The van der Waals surface area contributed by atoms with Gasteiger partial charge in [0.2, 0.25) is 10.0 Å². The number of nitrogens with one attached hydrogen (secondary N) is 2. The van der Waals surface area contributed by atoms with Crippen LogP contribution in [0.25, 0.3) is 0 Å². The van der Waals surface area contributed by atoms with E-state index in [9.17, 15) is 13.2 Å². The lowest BCUT2D eigenvalue weighted by molar-refractivity contribution is 0.00281. The van der Waals surface area contributed by atoms with Crippen molar-refractivity contribution >= 4 is 27.7 Å². The van der Waals surface area contributed by atoms with Gasteiger partial charge in [-0.15, -0.1) is 0 Å². The second-order valence-corrected chi connectivity index (χ2v) is 9.85. The first-order chi connectivity index (χ1) is 13.9. The average Bonchev–Trinajstić information content (AvgIpc) is 3.26. The van der Waals surface area contributed by atoms with Crippen molar-refractivity contribution in [3.8, 4) is 0 Å². The van der Waals surface area contributed by atoms with Crippen molar-refractivity contribution in [2.24, 2.45) is 0 Å². The standard InChI is InChI=1S/C19H25ClN2O6S/c20-12-6-8-14(9-7-12)29(24,25)22-15-10-26-18-16(11-27-17(15)18)28-19(23)21-13-4-2-1-3-5-13/h6-9,13,15-18,22H,1-5,10-11H2,(H,21,23)/t15-,16-,17-,18+/m1/s1. The van der Waals surface area contributed by atoms with Crippen LogP contribution in [-0.2, 0) is 24.2 Å². The van der Waals surface area contributed by atoms with Crippen LogP contribution >= 0.6 is 11.6 Å². The minimum Gasteiger partial charge on any atom is -0.441 e. The summed E-state index contributed by atoms with van der Waals surface area (Å²) in [5.74, 6) is 0. The molecule has 2 heterocycles. The van der Waals surface area contributed by atoms with Crippen LogP contribution in [0.4, 0.5) is 4.79 Å². The second-order valence-electron chi connectivity index (χ2n) is 7.70. The summed E-state index contributed by atoms with van der Waals surface area (Å²) in [7, 11) is -3.75. The Hall–Kier alpha value is -1.39. The van der Waals surface area contributed by atoms with Gasteiger partial charge in [-0.25, -0.2) is 17.9 Å². The normalized spacial score (nSPS) is 30.1. The average molecular weight is 445 g/mol. The molecule has 160 valence electrons. The molecule has 2 aliphatic heterocycles. The fraction of sp³-hybridized carbons (Fsp3) is 0.632. The number of benzene rings is 1. The molecule has 4 atom stereocenters. The summed E-state index contributed by atoms with van der Waals surface area (Å²) in [5.41, 5.74) is 0. The van der Waals surface area contributed by atoms with E-state index in [1.54, 1.807) is 0 Å². The Morgan fingerprint density at radius 2 is 1.72 bits per heavy atom. The molecule has 3 fully saturated rings. The number of ether oxygens (including phenoxy) is 3. The molecule has 29 heavy (non-hydrogen) atoms. The largest absolute Gasteiger partial charge is 0.441 e. The Balaban J connectivity index is 1.32. The van der Waals surface area contributed by atoms with Gasteiger partial charge in [0.05, 0.1) is 24.2 Å². The molecule has 0 radical (unpaired) electrons. The number of amides is 1. The molecule has 1 aliphatic carbocycles. The van der Waals surface area contributed by atoms with Crippen LogP contribution in [0, 0.1) is 0 Å². The summed E-state index contributed by atoms with van der Waals surface area (Å²) in [6.07, 6.45) is 3.32. The Morgan fingerprint density at radius 1 is 1.03 bits per heavy atom. The number of halogens is 1. The summed E-state index contributed by atoms with van der Waals surface area (Å²) >= 11 is 5.82. The molecule has 3 aliphatic rings. The van der Waals surface area contributed by atoms with Gasteiger partial charge in [-0.1, -0.05) is 30.9 Å². The van der Waals surface area contributed by atoms with Gasteiger partial charge >= 0.3 is 6.09 Å². The summed E-state index contributed by atoms with van der Waals surface area (Å²) < 4.78 is 44.8. The zero-order valence-corrected chi connectivity index (χ0v) is 17.5. The molecule has 0 unspecified atom stereocenters. The van der Waals surface area contributed by atoms with E-state index in [0.29, 0.717) is 5.02 Å².